The molecule has 1 aromatic carbocycles. The number of nitrogens with one attached hydrogen (secondary N) is 1. The van der Waals surface area contributed by atoms with Crippen molar-refractivity contribution in [3.8, 4) is 0 Å². The minimum absolute atomic E-state index is 0.0278. The van der Waals surface area contributed by atoms with Crippen LogP contribution in [0.25, 0.3) is 0 Å². The van der Waals surface area contributed by atoms with Gasteiger partial charge in [0.1, 0.15) is 0 Å². The van der Waals surface area contributed by atoms with Gasteiger partial charge in [0, 0.05) is 6.54 Å². The van der Waals surface area contributed by atoms with E-state index in [1.165, 1.54) is 12.1 Å². The molecule has 1 heterocycles. The lowest BCUT2D eigenvalue weighted by molar-refractivity contribution is -0.233. The van der Waals surface area contributed by atoms with Crippen LogP contribution < -0.4 is 5.32 Å². The van der Waals surface area contributed by atoms with E-state index in [1.54, 1.807) is 19.1 Å². The summed E-state index contributed by atoms with van der Waals surface area (Å²) in [5.41, 5.74) is 0.310. The summed E-state index contributed by atoms with van der Waals surface area (Å²) in [6, 6.07) is 5.40. The highest BCUT2D eigenvalue weighted by atomic mass is 19.4. The van der Waals surface area contributed by atoms with E-state index >= 15 is 0 Å². The zero-order valence-corrected chi connectivity index (χ0v) is 12.9. The van der Waals surface area contributed by atoms with Crippen molar-refractivity contribution in [1.82, 2.24) is 4.90 Å². The predicted molar refractivity (Wildman–Crippen MR) is 78.8 cm³/mol. The fourth-order valence-electron chi connectivity index (χ4n) is 2.20. The first-order valence-electron chi connectivity index (χ1n) is 7.33. The Labute approximate surface area is 136 Å². The second-order valence-corrected chi connectivity index (χ2v) is 5.04. The Hall–Kier alpha value is -2.29. The Kier molecular flexibility index (Phi) is 5.66. The average molecular weight is 346 g/mol. The fourth-order valence-corrected chi connectivity index (χ4v) is 2.20. The molecule has 0 aliphatic carbocycles. The molecule has 1 aliphatic heterocycles. The maximum absolute atomic E-state index is 12.7. The number of morpholine rings is 1. The molecule has 0 bridgehead atoms. The van der Waals surface area contributed by atoms with E-state index in [0.29, 0.717) is 0 Å². The summed E-state index contributed by atoms with van der Waals surface area (Å²) in [4.78, 5) is 25.1. The molecule has 9 heteroatoms. The van der Waals surface area contributed by atoms with Crippen molar-refractivity contribution in [2.45, 2.75) is 19.2 Å². The third kappa shape index (κ3) is 4.38. The van der Waals surface area contributed by atoms with Gasteiger partial charge in [-0.3, -0.25) is 0 Å². The molecule has 1 aliphatic rings. The number of anilines is 1. The fraction of sp³-hybridized carbons (Fsp3) is 0.467. The second-order valence-electron chi connectivity index (χ2n) is 5.04. The molecule has 1 aromatic rings. The molecule has 0 aromatic heterocycles. The van der Waals surface area contributed by atoms with E-state index in [9.17, 15) is 22.8 Å². The van der Waals surface area contributed by atoms with Crippen molar-refractivity contribution in [3.05, 3.63) is 29.8 Å². The first-order valence-corrected chi connectivity index (χ1v) is 7.33. The summed E-state index contributed by atoms with van der Waals surface area (Å²) < 4.78 is 47.7. The molecular formula is C15H17F3N2O4. The molecule has 0 radical (unpaired) electrons. The Morgan fingerprint density at radius 3 is 2.75 bits per heavy atom. The monoisotopic (exact) mass is 346 g/mol. The van der Waals surface area contributed by atoms with E-state index in [-0.39, 0.29) is 31.0 Å². The number of ether oxygens (including phenoxy) is 2. The van der Waals surface area contributed by atoms with Gasteiger partial charge in [0.15, 0.2) is 6.10 Å². The van der Waals surface area contributed by atoms with Gasteiger partial charge < -0.3 is 19.7 Å². The zero-order chi connectivity index (χ0) is 17.7. The van der Waals surface area contributed by atoms with Gasteiger partial charge in [-0.15, -0.1) is 0 Å². The van der Waals surface area contributed by atoms with Crippen molar-refractivity contribution in [1.29, 1.82) is 0 Å². The lowest BCUT2D eigenvalue weighted by Gasteiger charge is -2.33. The number of nitrogens with zero attached hydrogens (tertiary/aromatic N) is 1. The lowest BCUT2D eigenvalue weighted by atomic mass is 10.2. The molecule has 0 saturated carbocycles. The van der Waals surface area contributed by atoms with Crippen LogP contribution in [0.5, 0.6) is 0 Å². The molecule has 1 saturated heterocycles. The minimum Gasteiger partial charge on any atom is -0.462 e. The molecule has 2 rings (SSSR count). The van der Waals surface area contributed by atoms with E-state index in [1.807, 2.05) is 0 Å². The van der Waals surface area contributed by atoms with Gasteiger partial charge in [0.25, 0.3) is 0 Å². The summed E-state index contributed by atoms with van der Waals surface area (Å²) in [5.74, 6) is -0.622. The van der Waals surface area contributed by atoms with Gasteiger partial charge >= 0.3 is 18.2 Å². The summed E-state index contributed by atoms with van der Waals surface area (Å²) in [7, 11) is 0. The van der Waals surface area contributed by atoms with E-state index < -0.39 is 30.8 Å². The maximum Gasteiger partial charge on any atom is 0.416 e. The molecule has 6 nitrogen and oxygen atoms in total. The van der Waals surface area contributed by atoms with Gasteiger partial charge in [-0.2, -0.15) is 13.2 Å². The highest BCUT2D eigenvalue weighted by molar-refractivity contribution is 6.00. The van der Waals surface area contributed by atoms with Crippen molar-refractivity contribution in [3.63, 3.8) is 0 Å². The summed E-state index contributed by atoms with van der Waals surface area (Å²) in [6.07, 6.45) is -6.56. The Bertz CT molecular complexity index is 607. The maximum atomic E-state index is 12.7. The van der Waals surface area contributed by atoms with Crippen LogP contribution in [0, 0.1) is 0 Å². The smallest absolute Gasteiger partial charge is 0.416 e. The van der Waals surface area contributed by atoms with Crippen LogP contribution in [-0.2, 0) is 9.47 Å². The Morgan fingerprint density at radius 1 is 1.38 bits per heavy atom. The summed E-state index contributed by atoms with van der Waals surface area (Å²) in [5, 5.41) is 2.45. The number of urea groups is 1. The molecule has 1 atom stereocenters. The topological polar surface area (TPSA) is 67.9 Å². The molecule has 0 spiro atoms. The number of hydrogen-bond acceptors (Lipinski definition) is 4. The van der Waals surface area contributed by atoms with Crippen molar-refractivity contribution >= 4 is 17.7 Å². The van der Waals surface area contributed by atoms with Gasteiger partial charge in [0.2, 0.25) is 0 Å². The Balaban J connectivity index is 2.08. The number of hydrogen-bond donors (Lipinski definition) is 1. The van der Waals surface area contributed by atoms with E-state index in [2.05, 4.69) is 10.1 Å². The predicted octanol–water partition coefficient (Wildman–Crippen LogP) is 2.66. The molecular weight excluding hydrogens is 329 g/mol. The van der Waals surface area contributed by atoms with Crippen LogP contribution in [-0.4, -0.2) is 55.5 Å². The number of esters is 1. The van der Waals surface area contributed by atoms with Crippen molar-refractivity contribution < 1.29 is 32.2 Å². The largest absolute Gasteiger partial charge is 0.462 e. The first kappa shape index (κ1) is 18.1. The van der Waals surface area contributed by atoms with Gasteiger partial charge in [-0.1, -0.05) is 12.1 Å². The average Bonchev–Trinajstić information content (AvgIpc) is 2.55. The SMILES string of the molecule is CCOC(=O)c1ccccc1NC(=O)N1CCO[C@H](C(F)(F)F)C1. The van der Waals surface area contributed by atoms with Gasteiger partial charge in [-0.25, -0.2) is 9.59 Å². The van der Waals surface area contributed by atoms with Gasteiger partial charge in [0.05, 0.1) is 31.0 Å². The quantitative estimate of drug-likeness (QED) is 0.855. The van der Waals surface area contributed by atoms with E-state index in [0.717, 1.165) is 4.90 Å². The highest BCUT2D eigenvalue weighted by Crippen LogP contribution is 2.26. The van der Waals surface area contributed by atoms with Crippen molar-refractivity contribution in [2.75, 3.05) is 31.6 Å². The summed E-state index contributed by atoms with van der Waals surface area (Å²) in [6.45, 7) is 1.02. The third-order valence-electron chi connectivity index (χ3n) is 3.38. The molecule has 1 fully saturated rings. The van der Waals surface area contributed by atoms with Crippen LogP contribution in [0.15, 0.2) is 24.3 Å². The molecule has 2 amide bonds. The van der Waals surface area contributed by atoms with Crippen LogP contribution in [0.4, 0.5) is 23.7 Å². The van der Waals surface area contributed by atoms with E-state index in [4.69, 9.17) is 4.74 Å². The molecule has 132 valence electrons. The number of rotatable bonds is 3. The van der Waals surface area contributed by atoms with Crippen LogP contribution in [0.3, 0.4) is 0 Å². The standard InChI is InChI=1S/C15H17F3N2O4/c1-2-23-13(21)10-5-3-4-6-11(10)19-14(22)20-7-8-24-12(9-20)15(16,17)18/h3-6,12H,2,7-9H2,1H3,(H,19,22)/t12-/m0/s1. The van der Waals surface area contributed by atoms with Crippen LogP contribution in [0.2, 0.25) is 0 Å². The number of para-hydroxylation sites is 1. The summed E-state index contributed by atoms with van der Waals surface area (Å²) >= 11 is 0. The number of amides is 2. The number of carbonyl (C=O) groups excluding carboxylic acids is 2. The van der Waals surface area contributed by atoms with Crippen LogP contribution >= 0.6 is 0 Å². The molecule has 1 N–H and O–H groups in total. The number of carbonyl (C=O) groups is 2. The minimum atomic E-state index is -4.54. The zero-order valence-electron chi connectivity index (χ0n) is 12.9. The van der Waals surface area contributed by atoms with Crippen molar-refractivity contribution in [2.24, 2.45) is 0 Å². The third-order valence-corrected chi connectivity index (χ3v) is 3.38. The first-order chi connectivity index (χ1) is 11.3. The molecule has 0 unspecified atom stereocenters. The normalized spacial score (nSPS) is 18.2. The number of benzene rings is 1. The number of alkyl halides is 3. The van der Waals surface area contributed by atoms with Gasteiger partial charge in [-0.05, 0) is 19.1 Å². The second kappa shape index (κ2) is 7.52. The number of halogens is 3. The molecule has 24 heavy (non-hydrogen) atoms. The highest BCUT2D eigenvalue weighted by Gasteiger charge is 2.44. The lowest BCUT2D eigenvalue weighted by Crippen LogP contribution is -2.52. The Morgan fingerprint density at radius 2 is 2.08 bits per heavy atom. The van der Waals surface area contributed by atoms with Crippen LogP contribution in [0.1, 0.15) is 17.3 Å².